The Balaban J connectivity index is 1.93. The standard InChI is InChI=1S/C16H18N2O6S/c1-22-10-15-17-12-9-18(8-7-13(12)24-15)25(20,21)14-6-4-3-5-11(14)16(19)23-2/h3-6H,7-10H2,1-2H3. The van der Waals surface area contributed by atoms with Gasteiger partial charge in [0, 0.05) is 20.1 Å². The minimum Gasteiger partial charge on any atom is -0.465 e. The molecule has 0 spiro atoms. The highest BCUT2D eigenvalue weighted by molar-refractivity contribution is 7.89. The van der Waals surface area contributed by atoms with Gasteiger partial charge in [0.05, 0.1) is 29.8 Å². The molecule has 0 bridgehead atoms. The molecule has 8 nitrogen and oxygen atoms in total. The normalized spacial score (nSPS) is 15.0. The molecule has 1 aromatic carbocycles. The van der Waals surface area contributed by atoms with Crippen LogP contribution in [0.5, 0.6) is 0 Å². The second-order valence-electron chi connectivity index (χ2n) is 5.49. The molecule has 0 saturated heterocycles. The van der Waals surface area contributed by atoms with E-state index in [1.165, 1.54) is 30.7 Å². The molecule has 0 unspecified atom stereocenters. The number of methoxy groups -OCH3 is 2. The summed E-state index contributed by atoms with van der Waals surface area (Å²) in [6.45, 7) is 0.553. The number of carbonyl (C=O) groups excluding carboxylic acids is 1. The summed E-state index contributed by atoms with van der Waals surface area (Å²) in [5.74, 6) is 0.391. The van der Waals surface area contributed by atoms with Crippen LogP contribution in [0, 0.1) is 0 Å². The number of carbonyl (C=O) groups is 1. The van der Waals surface area contributed by atoms with Gasteiger partial charge in [-0.2, -0.15) is 4.31 Å². The highest BCUT2D eigenvalue weighted by Crippen LogP contribution is 2.27. The summed E-state index contributed by atoms with van der Waals surface area (Å²) in [4.78, 5) is 16.1. The van der Waals surface area contributed by atoms with Gasteiger partial charge in [-0.3, -0.25) is 0 Å². The second-order valence-corrected chi connectivity index (χ2v) is 7.39. The Morgan fingerprint density at radius 1 is 1.32 bits per heavy atom. The number of hydrogen-bond acceptors (Lipinski definition) is 7. The molecule has 0 saturated carbocycles. The van der Waals surface area contributed by atoms with Crippen LogP contribution in [-0.2, 0) is 39.1 Å². The molecule has 0 fully saturated rings. The summed E-state index contributed by atoms with van der Waals surface area (Å²) in [5.41, 5.74) is 0.577. The average molecular weight is 366 g/mol. The lowest BCUT2D eigenvalue weighted by Crippen LogP contribution is -2.36. The number of esters is 1. The lowest BCUT2D eigenvalue weighted by Gasteiger charge is -2.25. The Hall–Kier alpha value is -2.23. The van der Waals surface area contributed by atoms with Crippen molar-refractivity contribution < 1.29 is 27.1 Å². The van der Waals surface area contributed by atoms with Crippen molar-refractivity contribution >= 4 is 16.0 Å². The van der Waals surface area contributed by atoms with Crippen LogP contribution < -0.4 is 0 Å². The first-order valence-electron chi connectivity index (χ1n) is 7.61. The van der Waals surface area contributed by atoms with Crippen molar-refractivity contribution in [3.63, 3.8) is 0 Å². The van der Waals surface area contributed by atoms with E-state index < -0.39 is 16.0 Å². The van der Waals surface area contributed by atoms with Gasteiger partial charge in [0.1, 0.15) is 12.4 Å². The minimum absolute atomic E-state index is 0.0102. The molecular formula is C16H18N2O6S. The molecule has 0 atom stereocenters. The molecule has 1 aliphatic rings. The number of sulfonamides is 1. The fraction of sp³-hybridized carbons (Fsp3) is 0.375. The number of benzene rings is 1. The molecule has 1 aliphatic heterocycles. The predicted molar refractivity (Wildman–Crippen MR) is 86.3 cm³/mol. The molecule has 2 aromatic rings. The van der Waals surface area contributed by atoms with Crippen molar-refractivity contribution in [2.75, 3.05) is 20.8 Å². The monoisotopic (exact) mass is 366 g/mol. The third-order valence-electron chi connectivity index (χ3n) is 3.91. The SMILES string of the molecule is COCc1nc2c(o1)CCN(S(=O)(=O)c1ccccc1C(=O)OC)C2. The molecule has 3 rings (SSSR count). The lowest BCUT2D eigenvalue weighted by molar-refractivity contribution is 0.0596. The number of rotatable bonds is 5. The van der Waals surface area contributed by atoms with Crippen LogP contribution in [-0.4, -0.2) is 44.4 Å². The van der Waals surface area contributed by atoms with Gasteiger partial charge in [0.2, 0.25) is 15.9 Å². The van der Waals surface area contributed by atoms with E-state index in [2.05, 4.69) is 9.72 Å². The molecule has 0 aliphatic carbocycles. The Labute approximate surface area is 145 Å². The maximum Gasteiger partial charge on any atom is 0.339 e. The maximum absolute atomic E-state index is 13.0. The van der Waals surface area contributed by atoms with Crippen LogP contribution in [0.25, 0.3) is 0 Å². The van der Waals surface area contributed by atoms with Crippen LogP contribution in [0.4, 0.5) is 0 Å². The summed E-state index contributed by atoms with van der Waals surface area (Å²) in [7, 11) is -1.13. The van der Waals surface area contributed by atoms with Gasteiger partial charge in [-0.05, 0) is 12.1 Å². The first-order chi connectivity index (χ1) is 12.0. The Bertz CT molecular complexity index is 890. The Morgan fingerprint density at radius 2 is 2.08 bits per heavy atom. The largest absolute Gasteiger partial charge is 0.465 e. The van der Waals surface area contributed by atoms with Crippen molar-refractivity contribution in [3.8, 4) is 0 Å². The number of fused-ring (bicyclic) bond motifs is 1. The summed E-state index contributed by atoms with van der Waals surface area (Å²) in [6, 6.07) is 5.99. The lowest BCUT2D eigenvalue weighted by atomic mass is 10.2. The number of ether oxygens (including phenoxy) is 2. The van der Waals surface area contributed by atoms with E-state index in [1.54, 1.807) is 12.1 Å². The molecule has 2 heterocycles. The van der Waals surface area contributed by atoms with E-state index in [4.69, 9.17) is 9.15 Å². The highest BCUT2D eigenvalue weighted by Gasteiger charge is 2.33. The smallest absolute Gasteiger partial charge is 0.339 e. The molecule has 25 heavy (non-hydrogen) atoms. The Morgan fingerprint density at radius 3 is 2.80 bits per heavy atom. The molecule has 1 aromatic heterocycles. The summed E-state index contributed by atoms with van der Waals surface area (Å²) >= 11 is 0. The fourth-order valence-corrected chi connectivity index (χ4v) is 4.31. The molecule has 0 radical (unpaired) electrons. The second kappa shape index (κ2) is 6.95. The van der Waals surface area contributed by atoms with Gasteiger partial charge < -0.3 is 13.9 Å². The fourth-order valence-electron chi connectivity index (χ4n) is 2.73. The maximum atomic E-state index is 13.0. The van der Waals surface area contributed by atoms with Crippen molar-refractivity contribution in [3.05, 3.63) is 47.2 Å². The molecular weight excluding hydrogens is 348 g/mol. The van der Waals surface area contributed by atoms with Gasteiger partial charge in [0.25, 0.3) is 0 Å². The van der Waals surface area contributed by atoms with Crippen LogP contribution in [0.1, 0.15) is 27.7 Å². The summed E-state index contributed by atoms with van der Waals surface area (Å²) in [5, 5.41) is 0. The van der Waals surface area contributed by atoms with Crippen LogP contribution in [0.2, 0.25) is 0 Å². The van der Waals surface area contributed by atoms with Gasteiger partial charge in [-0.15, -0.1) is 0 Å². The van der Waals surface area contributed by atoms with Crippen molar-refractivity contribution in [2.24, 2.45) is 0 Å². The van der Waals surface area contributed by atoms with Gasteiger partial charge in [0.15, 0.2) is 0 Å². The van der Waals surface area contributed by atoms with E-state index in [0.29, 0.717) is 23.8 Å². The predicted octanol–water partition coefficient (Wildman–Crippen LogP) is 1.35. The summed E-state index contributed by atoms with van der Waals surface area (Å²) in [6.07, 6.45) is 0.408. The number of nitrogens with zero attached hydrogens (tertiary/aromatic N) is 2. The number of hydrogen-bond donors (Lipinski definition) is 0. The highest BCUT2D eigenvalue weighted by atomic mass is 32.2. The number of oxazole rings is 1. The number of aromatic nitrogens is 1. The van der Waals surface area contributed by atoms with Crippen molar-refractivity contribution in [1.29, 1.82) is 0 Å². The van der Waals surface area contributed by atoms with E-state index in [-0.39, 0.29) is 30.2 Å². The third-order valence-corrected chi connectivity index (χ3v) is 5.82. The van der Waals surface area contributed by atoms with Gasteiger partial charge in [-0.25, -0.2) is 18.2 Å². The molecule has 0 N–H and O–H groups in total. The van der Waals surface area contributed by atoms with E-state index in [9.17, 15) is 13.2 Å². The van der Waals surface area contributed by atoms with E-state index in [1.807, 2.05) is 0 Å². The molecule has 134 valence electrons. The van der Waals surface area contributed by atoms with Crippen molar-refractivity contribution in [2.45, 2.75) is 24.5 Å². The van der Waals surface area contributed by atoms with Crippen LogP contribution in [0.15, 0.2) is 33.6 Å². The zero-order valence-electron chi connectivity index (χ0n) is 13.9. The Kier molecular flexibility index (Phi) is 4.89. The van der Waals surface area contributed by atoms with Crippen LogP contribution in [0.3, 0.4) is 0 Å². The van der Waals surface area contributed by atoms with Crippen LogP contribution >= 0.6 is 0 Å². The topological polar surface area (TPSA) is 98.9 Å². The zero-order chi connectivity index (χ0) is 18.0. The zero-order valence-corrected chi connectivity index (χ0v) is 14.7. The van der Waals surface area contributed by atoms with Gasteiger partial charge >= 0.3 is 5.97 Å². The summed E-state index contributed by atoms with van der Waals surface area (Å²) < 4.78 is 42.5. The van der Waals surface area contributed by atoms with E-state index >= 15 is 0 Å². The first kappa shape index (κ1) is 17.6. The molecule has 9 heteroatoms. The minimum atomic E-state index is -3.87. The first-order valence-corrected chi connectivity index (χ1v) is 9.05. The quantitative estimate of drug-likeness (QED) is 0.737. The van der Waals surface area contributed by atoms with E-state index in [0.717, 1.165) is 0 Å². The third kappa shape index (κ3) is 3.30. The average Bonchev–Trinajstić information content (AvgIpc) is 3.03. The molecule has 0 amide bonds. The van der Waals surface area contributed by atoms with Crippen molar-refractivity contribution in [1.82, 2.24) is 9.29 Å². The van der Waals surface area contributed by atoms with Gasteiger partial charge in [-0.1, -0.05) is 12.1 Å².